The number of nitrogens with one attached hydrogen (secondary N) is 2. The summed E-state index contributed by atoms with van der Waals surface area (Å²) in [6.07, 6.45) is 4.40. The SMILES string of the molecule is O=c1[nH]nc2cc(NC3(CO)CCC3)ncn12. The van der Waals surface area contributed by atoms with Crippen molar-refractivity contribution in [1.82, 2.24) is 19.6 Å². The van der Waals surface area contributed by atoms with Crippen molar-refractivity contribution in [3.63, 3.8) is 0 Å². The van der Waals surface area contributed by atoms with Gasteiger partial charge in [-0.05, 0) is 19.3 Å². The van der Waals surface area contributed by atoms with Gasteiger partial charge in [-0.3, -0.25) is 0 Å². The summed E-state index contributed by atoms with van der Waals surface area (Å²) in [4.78, 5) is 15.4. The number of anilines is 1. The maximum Gasteiger partial charge on any atom is 0.348 e. The van der Waals surface area contributed by atoms with Crippen LogP contribution in [0, 0.1) is 0 Å². The predicted molar refractivity (Wildman–Crippen MR) is 60.9 cm³/mol. The molecule has 90 valence electrons. The van der Waals surface area contributed by atoms with E-state index >= 15 is 0 Å². The molecule has 2 aromatic rings. The Morgan fingerprint density at radius 3 is 3.06 bits per heavy atom. The highest BCUT2D eigenvalue weighted by molar-refractivity contribution is 5.50. The van der Waals surface area contributed by atoms with Crippen LogP contribution in [0.2, 0.25) is 0 Å². The summed E-state index contributed by atoms with van der Waals surface area (Å²) in [5.74, 6) is 0.630. The van der Waals surface area contributed by atoms with Gasteiger partial charge in [0.05, 0.1) is 12.1 Å². The van der Waals surface area contributed by atoms with Crippen LogP contribution in [0.4, 0.5) is 5.82 Å². The fourth-order valence-corrected chi connectivity index (χ4v) is 2.08. The highest BCUT2D eigenvalue weighted by Crippen LogP contribution is 2.34. The van der Waals surface area contributed by atoms with Gasteiger partial charge in [-0.25, -0.2) is 19.3 Å². The molecular formula is C10H13N5O2. The first-order valence-corrected chi connectivity index (χ1v) is 5.54. The Bertz CT molecular complexity index is 592. The maximum atomic E-state index is 11.2. The standard InChI is InChI=1S/C10H13N5O2/c16-5-10(2-1-3-10)12-7-4-8-13-14-9(17)15(8)6-11-7/h4,6,12,16H,1-3,5H2,(H,14,17). The second-order valence-electron chi connectivity index (χ2n) is 4.45. The van der Waals surface area contributed by atoms with E-state index in [9.17, 15) is 9.90 Å². The minimum Gasteiger partial charge on any atom is -0.394 e. The van der Waals surface area contributed by atoms with E-state index in [1.807, 2.05) is 0 Å². The van der Waals surface area contributed by atoms with Crippen molar-refractivity contribution in [2.24, 2.45) is 0 Å². The molecule has 1 aliphatic rings. The lowest BCUT2D eigenvalue weighted by Gasteiger charge is -2.41. The van der Waals surface area contributed by atoms with E-state index in [1.54, 1.807) is 6.07 Å². The van der Waals surface area contributed by atoms with Crippen molar-refractivity contribution in [3.05, 3.63) is 22.9 Å². The first-order chi connectivity index (χ1) is 8.22. The van der Waals surface area contributed by atoms with Crippen LogP contribution in [0.5, 0.6) is 0 Å². The summed E-state index contributed by atoms with van der Waals surface area (Å²) >= 11 is 0. The summed E-state index contributed by atoms with van der Waals surface area (Å²) < 4.78 is 1.33. The summed E-state index contributed by atoms with van der Waals surface area (Å²) in [7, 11) is 0. The second kappa shape index (κ2) is 3.56. The summed E-state index contributed by atoms with van der Waals surface area (Å²) in [5.41, 5.74) is -0.0402. The maximum absolute atomic E-state index is 11.2. The molecule has 0 unspecified atom stereocenters. The van der Waals surface area contributed by atoms with Gasteiger partial charge in [0.1, 0.15) is 12.1 Å². The molecule has 1 aliphatic carbocycles. The molecule has 0 atom stereocenters. The quantitative estimate of drug-likeness (QED) is 0.681. The summed E-state index contributed by atoms with van der Waals surface area (Å²) in [5, 5.41) is 18.8. The number of fused-ring (bicyclic) bond motifs is 1. The van der Waals surface area contributed by atoms with E-state index in [1.165, 1.54) is 10.7 Å². The molecule has 1 fully saturated rings. The number of aromatic nitrogens is 4. The molecule has 1 saturated carbocycles. The van der Waals surface area contributed by atoms with Crippen molar-refractivity contribution in [2.45, 2.75) is 24.8 Å². The zero-order valence-corrected chi connectivity index (χ0v) is 9.18. The second-order valence-corrected chi connectivity index (χ2v) is 4.45. The lowest BCUT2D eigenvalue weighted by molar-refractivity contribution is 0.144. The van der Waals surface area contributed by atoms with Crippen LogP contribution in [0.3, 0.4) is 0 Å². The Balaban J connectivity index is 1.93. The lowest BCUT2D eigenvalue weighted by Crippen LogP contribution is -2.48. The molecule has 2 heterocycles. The van der Waals surface area contributed by atoms with Crippen LogP contribution in [0.1, 0.15) is 19.3 Å². The zero-order chi connectivity index (χ0) is 11.9. The van der Waals surface area contributed by atoms with E-state index in [2.05, 4.69) is 20.5 Å². The van der Waals surface area contributed by atoms with Crippen molar-refractivity contribution < 1.29 is 5.11 Å². The van der Waals surface area contributed by atoms with Crippen LogP contribution in [0.15, 0.2) is 17.2 Å². The Morgan fingerprint density at radius 2 is 2.41 bits per heavy atom. The molecule has 17 heavy (non-hydrogen) atoms. The van der Waals surface area contributed by atoms with Gasteiger partial charge in [0.25, 0.3) is 0 Å². The van der Waals surface area contributed by atoms with Crippen molar-refractivity contribution in [1.29, 1.82) is 0 Å². The van der Waals surface area contributed by atoms with E-state index in [-0.39, 0.29) is 17.8 Å². The Labute approximate surface area is 96.5 Å². The van der Waals surface area contributed by atoms with E-state index < -0.39 is 0 Å². The number of aliphatic hydroxyl groups excluding tert-OH is 1. The first-order valence-electron chi connectivity index (χ1n) is 5.54. The average Bonchev–Trinajstić information content (AvgIpc) is 2.65. The number of aliphatic hydroxyl groups is 1. The molecule has 3 N–H and O–H groups in total. The van der Waals surface area contributed by atoms with E-state index in [4.69, 9.17) is 0 Å². The highest BCUT2D eigenvalue weighted by Gasteiger charge is 2.36. The van der Waals surface area contributed by atoms with E-state index in [0.29, 0.717) is 11.5 Å². The molecule has 7 heteroatoms. The van der Waals surface area contributed by atoms with Crippen LogP contribution in [0.25, 0.3) is 5.65 Å². The normalized spacial score (nSPS) is 17.9. The van der Waals surface area contributed by atoms with Crippen molar-refractivity contribution in [2.75, 3.05) is 11.9 Å². The molecule has 0 spiro atoms. The minimum absolute atomic E-state index is 0.0905. The summed E-state index contributed by atoms with van der Waals surface area (Å²) in [6, 6.07) is 1.69. The largest absolute Gasteiger partial charge is 0.394 e. The third-order valence-electron chi connectivity index (χ3n) is 3.32. The number of rotatable bonds is 3. The van der Waals surface area contributed by atoms with Gasteiger partial charge >= 0.3 is 5.69 Å². The zero-order valence-electron chi connectivity index (χ0n) is 9.18. The van der Waals surface area contributed by atoms with Crippen LogP contribution >= 0.6 is 0 Å². The molecule has 2 aromatic heterocycles. The number of hydrogen-bond acceptors (Lipinski definition) is 5. The fourth-order valence-electron chi connectivity index (χ4n) is 2.08. The van der Waals surface area contributed by atoms with Crippen LogP contribution in [-0.4, -0.2) is 36.8 Å². The average molecular weight is 235 g/mol. The molecule has 0 aromatic carbocycles. The van der Waals surface area contributed by atoms with E-state index in [0.717, 1.165) is 19.3 Å². The number of aromatic amines is 1. The molecule has 0 amide bonds. The van der Waals surface area contributed by atoms with Crippen molar-refractivity contribution >= 4 is 11.5 Å². The number of hydrogen-bond donors (Lipinski definition) is 3. The molecule has 0 bridgehead atoms. The number of H-pyrrole nitrogens is 1. The van der Waals surface area contributed by atoms with Crippen LogP contribution in [-0.2, 0) is 0 Å². The molecular weight excluding hydrogens is 222 g/mol. The predicted octanol–water partition coefficient (Wildman–Crippen LogP) is -0.256. The molecule has 0 radical (unpaired) electrons. The Hall–Kier alpha value is -1.89. The van der Waals surface area contributed by atoms with Crippen LogP contribution < -0.4 is 11.0 Å². The molecule has 0 saturated heterocycles. The third kappa shape index (κ3) is 1.59. The highest BCUT2D eigenvalue weighted by atomic mass is 16.3. The molecule has 7 nitrogen and oxygen atoms in total. The Kier molecular flexibility index (Phi) is 2.15. The fraction of sp³-hybridized carbons (Fsp3) is 0.500. The summed E-state index contributed by atoms with van der Waals surface area (Å²) in [6.45, 7) is 0.0905. The van der Waals surface area contributed by atoms with Gasteiger partial charge < -0.3 is 10.4 Å². The van der Waals surface area contributed by atoms with Gasteiger partial charge in [-0.1, -0.05) is 0 Å². The Morgan fingerprint density at radius 1 is 1.59 bits per heavy atom. The topological polar surface area (TPSA) is 95.3 Å². The first kappa shape index (κ1) is 10.3. The monoisotopic (exact) mass is 235 g/mol. The van der Waals surface area contributed by atoms with Gasteiger partial charge in [0, 0.05) is 6.07 Å². The smallest absolute Gasteiger partial charge is 0.348 e. The molecule has 3 rings (SSSR count). The lowest BCUT2D eigenvalue weighted by atomic mass is 9.77. The number of nitrogens with zero attached hydrogens (tertiary/aromatic N) is 3. The van der Waals surface area contributed by atoms with Gasteiger partial charge in [-0.2, -0.15) is 5.10 Å². The van der Waals surface area contributed by atoms with Crippen molar-refractivity contribution in [3.8, 4) is 0 Å². The third-order valence-corrected chi connectivity index (χ3v) is 3.32. The van der Waals surface area contributed by atoms with Gasteiger partial charge in [0.15, 0.2) is 5.65 Å². The minimum atomic E-state index is -0.306. The van der Waals surface area contributed by atoms with Gasteiger partial charge in [-0.15, -0.1) is 0 Å². The molecule has 0 aliphatic heterocycles. The van der Waals surface area contributed by atoms with Gasteiger partial charge in [0.2, 0.25) is 0 Å².